The summed E-state index contributed by atoms with van der Waals surface area (Å²) in [5, 5.41) is 0.372. The lowest BCUT2D eigenvalue weighted by atomic mass is 10.1. The first-order valence-electron chi connectivity index (χ1n) is 5.77. The van der Waals surface area contributed by atoms with Crippen LogP contribution in [-0.2, 0) is 11.3 Å². The SMILES string of the molecule is CCOCc1nc(Cl)cc(OC(C)(C)CC)n1. The highest BCUT2D eigenvalue weighted by Crippen LogP contribution is 2.21. The molecular weight excluding hydrogens is 240 g/mol. The van der Waals surface area contributed by atoms with Gasteiger partial charge in [-0.1, -0.05) is 18.5 Å². The first-order chi connectivity index (χ1) is 7.96. The Morgan fingerprint density at radius 3 is 2.59 bits per heavy atom. The minimum Gasteiger partial charge on any atom is -0.472 e. The Kier molecular flexibility index (Phi) is 5.15. The van der Waals surface area contributed by atoms with E-state index in [-0.39, 0.29) is 5.60 Å². The first-order valence-corrected chi connectivity index (χ1v) is 6.15. The summed E-state index contributed by atoms with van der Waals surface area (Å²) in [5.74, 6) is 1.04. The number of rotatable bonds is 6. The van der Waals surface area contributed by atoms with Crippen LogP contribution in [0, 0.1) is 0 Å². The summed E-state index contributed by atoms with van der Waals surface area (Å²) >= 11 is 5.91. The van der Waals surface area contributed by atoms with Crippen molar-refractivity contribution >= 4 is 11.6 Å². The second-order valence-electron chi connectivity index (χ2n) is 4.30. The monoisotopic (exact) mass is 258 g/mol. The molecular formula is C12H19ClN2O2. The van der Waals surface area contributed by atoms with Crippen LogP contribution in [-0.4, -0.2) is 22.2 Å². The van der Waals surface area contributed by atoms with Gasteiger partial charge < -0.3 is 9.47 Å². The molecule has 0 aliphatic carbocycles. The molecule has 1 aromatic heterocycles. The molecule has 0 bridgehead atoms. The topological polar surface area (TPSA) is 44.2 Å². The van der Waals surface area contributed by atoms with E-state index in [2.05, 4.69) is 16.9 Å². The van der Waals surface area contributed by atoms with Crippen LogP contribution in [0.4, 0.5) is 0 Å². The fourth-order valence-corrected chi connectivity index (χ4v) is 1.30. The zero-order valence-corrected chi connectivity index (χ0v) is 11.5. The van der Waals surface area contributed by atoms with Gasteiger partial charge in [-0.05, 0) is 27.2 Å². The largest absolute Gasteiger partial charge is 0.472 e. The lowest BCUT2D eigenvalue weighted by Gasteiger charge is -2.24. The second kappa shape index (κ2) is 6.17. The summed E-state index contributed by atoms with van der Waals surface area (Å²) in [6, 6.07) is 1.62. The maximum absolute atomic E-state index is 5.91. The average Bonchev–Trinajstić information content (AvgIpc) is 2.25. The van der Waals surface area contributed by atoms with Gasteiger partial charge in [-0.2, -0.15) is 4.98 Å². The molecule has 0 N–H and O–H groups in total. The molecule has 1 aromatic rings. The molecule has 0 aliphatic heterocycles. The van der Waals surface area contributed by atoms with Crippen LogP contribution in [0.5, 0.6) is 5.88 Å². The van der Waals surface area contributed by atoms with Crippen molar-refractivity contribution in [3.05, 3.63) is 17.0 Å². The molecule has 0 aromatic carbocycles. The van der Waals surface area contributed by atoms with E-state index in [0.717, 1.165) is 6.42 Å². The van der Waals surface area contributed by atoms with Crippen molar-refractivity contribution < 1.29 is 9.47 Å². The summed E-state index contributed by atoms with van der Waals surface area (Å²) in [4.78, 5) is 8.34. The minimum atomic E-state index is -0.263. The van der Waals surface area contributed by atoms with Gasteiger partial charge in [0.15, 0.2) is 5.82 Å². The van der Waals surface area contributed by atoms with Gasteiger partial charge in [-0.3, -0.25) is 0 Å². The van der Waals surface area contributed by atoms with Crippen molar-refractivity contribution in [3.63, 3.8) is 0 Å². The number of ether oxygens (including phenoxy) is 2. The molecule has 1 heterocycles. The fraction of sp³-hybridized carbons (Fsp3) is 0.667. The fourth-order valence-electron chi connectivity index (χ4n) is 1.11. The summed E-state index contributed by atoms with van der Waals surface area (Å²) in [6.07, 6.45) is 0.884. The third-order valence-electron chi connectivity index (χ3n) is 2.39. The van der Waals surface area contributed by atoms with Gasteiger partial charge >= 0.3 is 0 Å². The van der Waals surface area contributed by atoms with Crippen LogP contribution in [0.25, 0.3) is 0 Å². The quantitative estimate of drug-likeness (QED) is 0.735. The summed E-state index contributed by atoms with van der Waals surface area (Å²) in [7, 11) is 0. The average molecular weight is 259 g/mol. The van der Waals surface area contributed by atoms with Crippen molar-refractivity contribution in [1.29, 1.82) is 0 Å². The zero-order valence-electron chi connectivity index (χ0n) is 10.8. The van der Waals surface area contributed by atoms with Gasteiger partial charge in [-0.15, -0.1) is 0 Å². The van der Waals surface area contributed by atoms with Crippen LogP contribution < -0.4 is 4.74 Å². The molecule has 0 atom stereocenters. The van der Waals surface area contributed by atoms with Crippen molar-refractivity contribution in [1.82, 2.24) is 9.97 Å². The third kappa shape index (κ3) is 4.88. The summed E-state index contributed by atoms with van der Waals surface area (Å²) < 4.78 is 11.0. The molecule has 17 heavy (non-hydrogen) atoms. The van der Waals surface area contributed by atoms with Gasteiger partial charge in [0.1, 0.15) is 17.4 Å². The molecule has 0 amide bonds. The predicted octanol–water partition coefficient (Wildman–Crippen LogP) is 3.23. The Bertz CT molecular complexity index is 370. The van der Waals surface area contributed by atoms with E-state index in [1.807, 2.05) is 20.8 Å². The van der Waals surface area contributed by atoms with Crippen molar-refractivity contribution in [2.45, 2.75) is 46.3 Å². The molecule has 0 fully saturated rings. The molecule has 0 unspecified atom stereocenters. The summed E-state index contributed by atoms with van der Waals surface area (Å²) in [5.41, 5.74) is -0.263. The number of halogens is 1. The van der Waals surface area contributed by atoms with Gasteiger partial charge in [0.25, 0.3) is 0 Å². The van der Waals surface area contributed by atoms with Gasteiger partial charge in [0.2, 0.25) is 5.88 Å². The van der Waals surface area contributed by atoms with E-state index >= 15 is 0 Å². The molecule has 96 valence electrons. The molecule has 0 radical (unpaired) electrons. The zero-order chi connectivity index (χ0) is 12.9. The molecule has 0 saturated heterocycles. The highest BCUT2D eigenvalue weighted by Gasteiger charge is 2.18. The maximum atomic E-state index is 5.91. The lowest BCUT2D eigenvalue weighted by Crippen LogP contribution is -2.27. The molecule has 5 heteroatoms. The van der Waals surface area contributed by atoms with E-state index in [0.29, 0.717) is 30.1 Å². The van der Waals surface area contributed by atoms with E-state index < -0.39 is 0 Å². The number of hydrogen-bond acceptors (Lipinski definition) is 4. The van der Waals surface area contributed by atoms with Gasteiger partial charge in [0.05, 0.1) is 0 Å². The second-order valence-corrected chi connectivity index (χ2v) is 4.68. The van der Waals surface area contributed by atoms with Crippen LogP contribution in [0.2, 0.25) is 5.15 Å². The maximum Gasteiger partial charge on any atom is 0.218 e. The minimum absolute atomic E-state index is 0.263. The Morgan fingerprint density at radius 1 is 1.29 bits per heavy atom. The van der Waals surface area contributed by atoms with Crippen molar-refractivity contribution in [2.24, 2.45) is 0 Å². The van der Waals surface area contributed by atoms with E-state index in [1.165, 1.54) is 0 Å². The van der Waals surface area contributed by atoms with E-state index in [9.17, 15) is 0 Å². The van der Waals surface area contributed by atoms with Gasteiger partial charge in [-0.25, -0.2) is 4.98 Å². The van der Waals surface area contributed by atoms with Crippen molar-refractivity contribution in [3.8, 4) is 5.88 Å². The molecule has 0 saturated carbocycles. The smallest absolute Gasteiger partial charge is 0.218 e. The Balaban J connectivity index is 2.82. The number of aromatic nitrogens is 2. The van der Waals surface area contributed by atoms with Gasteiger partial charge in [0, 0.05) is 12.7 Å². The predicted molar refractivity (Wildman–Crippen MR) is 67.4 cm³/mol. The highest BCUT2D eigenvalue weighted by molar-refractivity contribution is 6.29. The van der Waals surface area contributed by atoms with E-state index in [4.69, 9.17) is 21.1 Å². The molecule has 1 rings (SSSR count). The molecule has 4 nitrogen and oxygen atoms in total. The van der Waals surface area contributed by atoms with Crippen LogP contribution >= 0.6 is 11.6 Å². The highest BCUT2D eigenvalue weighted by atomic mass is 35.5. The number of hydrogen-bond donors (Lipinski definition) is 0. The normalized spacial score (nSPS) is 11.6. The Morgan fingerprint density at radius 2 is 2.00 bits per heavy atom. The Hall–Kier alpha value is -0.870. The van der Waals surface area contributed by atoms with E-state index in [1.54, 1.807) is 6.07 Å². The third-order valence-corrected chi connectivity index (χ3v) is 2.58. The van der Waals surface area contributed by atoms with Crippen molar-refractivity contribution in [2.75, 3.05) is 6.61 Å². The summed E-state index contributed by atoms with van der Waals surface area (Å²) in [6.45, 7) is 8.95. The van der Waals surface area contributed by atoms with Crippen LogP contribution in [0.3, 0.4) is 0 Å². The molecule has 0 spiro atoms. The number of nitrogens with zero attached hydrogens (tertiary/aromatic N) is 2. The standard InChI is InChI=1S/C12H19ClN2O2/c1-5-12(3,4)17-11-7-9(13)14-10(15-11)8-16-6-2/h7H,5-6,8H2,1-4H3. The Labute approximate surface area is 107 Å². The van der Waals surface area contributed by atoms with Crippen LogP contribution in [0.15, 0.2) is 6.07 Å². The molecule has 0 aliphatic rings. The first kappa shape index (κ1) is 14.2. The lowest BCUT2D eigenvalue weighted by molar-refractivity contribution is 0.0950. The van der Waals surface area contributed by atoms with Crippen LogP contribution in [0.1, 0.15) is 39.9 Å².